The number of benzene rings is 1. The Morgan fingerprint density at radius 3 is 2.67 bits per heavy atom. The zero-order valence-corrected chi connectivity index (χ0v) is 11.4. The molecule has 1 aliphatic heterocycles. The molecule has 0 saturated heterocycles. The standard InChI is InChI=1S/C13H17NO3S/c1-3-8-14-11-6-4-5-7-12(11)18(16,17)10(2)9-13(14)15/h4-7,10H,3,8-9H2,1-2H3. The third kappa shape index (κ3) is 2.03. The molecule has 5 heteroatoms. The lowest BCUT2D eigenvalue weighted by atomic mass is 10.2. The molecule has 0 radical (unpaired) electrons. The van der Waals surface area contributed by atoms with E-state index in [-0.39, 0.29) is 17.2 Å². The summed E-state index contributed by atoms with van der Waals surface area (Å²) in [6.07, 6.45) is 0.853. The van der Waals surface area contributed by atoms with E-state index in [1.807, 2.05) is 6.92 Å². The van der Waals surface area contributed by atoms with Gasteiger partial charge in [-0.05, 0) is 25.5 Å². The highest BCUT2D eigenvalue weighted by atomic mass is 32.2. The average Bonchev–Trinajstić information content (AvgIpc) is 2.41. The normalized spacial score (nSPS) is 22.4. The topological polar surface area (TPSA) is 54.5 Å². The molecule has 98 valence electrons. The summed E-state index contributed by atoms with van der Waals surface area (Å²) >= 11 is 0. The molecule has 1 aliphatic rings. The Balaban J connectivity index is 2.65. The third-order valence-electron chi connectivity index (χ3n) is 3.20. The largest absolute Gasteiger partial charge is 0.311 e. The van der Waals surface area contributed by atoms with Gasteiger partial charge in [-0.15, -0.1) is 0 Å². The van der Waals surface area contributed by atoms with E-state index in [0.29, 0.717) is 12.2 Å². The van der Waals surface area contributed by atoms with Gasteiger partial charge >= 0.3 is 0 Å². The number of para-hydroxylation sites is 1. The molecule has 1 heterocycles. The fourth-order valence-corrected chi connectivity index (χ4v) is 3.74. The fourth-order valence-electron chi connectivity index (χ4n) is 2.21. The SMILES string of the molecule is CCCN1C(=O)CC(C)S(=O)(=O)c2ccccc21. The second kappa shape index (κ2) is 4.72. The van der Waals surface area contributed by atoms with Gasteiger partial charge in [0.15, 0.2) is 9.84 Å². The Labute approximate surface area is 108 Å². The monoisotopic (exact) mass is 267 g/mol. The molecule has 0 saturated carbocycles. The molecular weight excluding hydrogens is 250 g/mol. The Morgan fingerprint density at radius 2 is 2.00 bits per heavy atom. The second-order valence-electron chi connectivity index (χ2n) is 4.57. The maximum Gasteiger partial charge on any atom is 0.228 e. The van der Waals surface area contributed by atoms with Crippen LogP contribution in [0.4, 0.5) is 5.69 Å². The minimum atomic E-state index is -3.40. The van der Waals surface area contributed by atoms with Crippen molar-refractivity contribution in [1.29, 1.82) is 0 Å². The summed E-state index contributed by atoms with van der Waals surface area (Å²) in [5.41, 5.74) is 0.522. The zero-order chi connectivity index (χ0) is 13.3. The Morgan fingerprint density at radius 1 is 1.33 bits per heavy atom. The molecule has 0 aliphatic carbocycles. The van der Waals surface area contributed by atoms with Crippen molar-refractivity contribution in [3.05, 3.63) is 24.3 Å². The summed E-state index contributed by atoms with van der Waals surface area (Å²) in [7, 11) is -3.40. The number of nitrogens with zero attached hydrogens (tertiary/aromatic N) is 1. The van der Waals surface area contributed by atoms with Crippen molar-refractivity contribution in [2.75, 3.05) is 11.4 Å². The van der Waals surface area contributed by atoms with Gasteiger partial charge in [-0.1, -0.05) is 19.1 Å². The Bertz CT molecular complexity index is 565. The molecule has 0 aromatic heterocycles. The lowest BCUT2D eigenvalue weighted by Crippen LogP contribution is -2.32. The number of carbonyl (C=O) groups excluding carboxylic acids is 1. The van der Waals surface area contributed by atoms with Gasteiger partial charge < -0.3 is 4.90 Å². The fraction of sp³-hybridized carbons (Fsp3) is 0.462. The van der Waals surface area contributed by atoms with Crippen molar-refractivity contribution < 1.29 is 13.2 Å². The molecule has 1 aromatic rings. The maximum absolute atomic E-state index is 12.3. The van der Waals surface area contributed by atoms with Crippen LogP contribution in [0.15, 0.2) is 29.2 Å². The molecule has 0 N–H and O–H groups in total. The van der Waals surface area contributed by atoms with Crippen LogP contribution in [-0.4, -0.2) is 26.1 Å². The van der Waals surface area contributed by atoms with E-state index in [2.05, 4.69) is 0 Å². The highest BCUT2D eigenvalue weighted by molar-refractivity contribution is 7.92. The number of carbonyl (C=O) groups is 1. The second-order valence-corrected chi connectivity index (χ2v) is 6.91. The van der Waals surface area contributed by atoms with Gasteiger partial charge in [-0.2, -0.15) is 0 Å². The van der Waals surface area contributed by atoms with Crippen LogP contribution in [0.2, 0.25) is 0 Å². The van der Waals surface area contributed by atoms with Crippen molar-refractivity contribution >= 4 is 21.4 Å². The first-order valence-electron chi connectivity index (χ1n) is 6.11. The van der Waals surface area contributed by atoms with E-state index in [9.17, 15) is 13.2 Å². The first-order valence-corrected chi connectivity index (χ1v) is 7.66. The maximum atomic E-state index is 12.3. The van der Waals surface area contributed by atoms with Crippen LogP contribution in [0.1, 0.15) is 26.7 Å². The summed E-state index contributed by atoms with van der Waals surface area (Å²) in [5, 5.41) is -0.659. The number of amides is 1. The van der Waals surface area contributed by atoms with Gasteiger partial charge in [0.2, 0.25) is 5.91 Å². The molecule has 1 amide bonds. The van der Waals surface area contributed by atoms with Crippen LogP contribution in [0.25, 0.3) is 0 Å². The van der Waals surface area contributed by atoms with Crippen LogP contribution in [0, 0.1) is 0 Å². The molecule has 4 nitrogen and oxygen atoms in total. The predicted molar refractivity (Wildman–Crippen MR) is 70.4 cm³/mol. The van der Waals surface area contributed by atoms with Crippen molar-refractivity contribution in [2.24, 2.45) is 0 Å². The molecule has 0 bridgehead atoms. The minimum Gasteiger partial charge on any atom is -0.311 e. The van der Waals surface area contributed by atoms with Gasteiger partial charge in [0, 0.05) is 13.0 Å². The molecular formula is C13H17NO3S. The molecule has 1 unspecified atom stereocenters. The number of hydrogen-bond acceptors (Lipinski definition) is 3. The Hall–Kier alpha value is -1.36. The lowest BCUT2D eigenvalue weighted by Gasteiger charge is -2.21. The number of hydrogen-bond donors (Lipinski definition) is 0. The molecule has 0 fully saturated rings. The molecule has 18 heavy (non-hydrogen) atoms. The predicted octanol–water partition coefficient (Wildman–Crippen LogP) is 2.00. The van der Waals surface area contributed by atoms with Crippen molar-refractivity contribution in [2.45, 2.75) is 36.8 Å². The number of sulfone groups is 1. The zero-order valence-electron chi connectivity index (χ0n) is 10.6. The first-order chi connectivity index (χ1) is 8.48. The van der Waals surface area contributed by atoms with Crippen LogP contribution < -0.4 is 4.90 Å². The van der Waals surface area contributed by atoms with Gasteiger partial charge in [0.05, 0.1) is 15.8 Å². The quantitative estimate of drug-likeness (QED) is 0.823. The van der Waals surface area contributed by atoms with E-state index in [1.54, 1.807) is 36.1 Å². The molecule has 1 aromatic carbocycles. The average molecular weight is 267 g/mol. The van der Waals surface area contributed by atoms with Crippen molar-refractivity contribution in [3.8, 4) is 0 Å². The van der Waals surface area contributed by atoms with E-state index < -0.39 is 15.1 Å². The summed E-state index contributed by atoms with van der Waals surface area (Å²) in [5.74, 6) is -0.113. The summed E-state index contributed by atoms with van der Waals surface area (Å²) in [4.78, 5) is 14.0. The molecule has 0 spiro atoms. The van der Waals surface area contributed by atoms with E-state index >= 15 is 0 Å². The number of anilines is 1. The first kappa shape index (κ1) is 13.1. The van der Waals surface area contributed by atoms with Crippen LogP contribution in [0.3, 0.4) is 0 Å². The van der Waals surface area contributed by atoms with Crippen LogP contribution in [-0.2, 0) is 14.6 Å². The van der Waals surface area contributed by atoms with Gasteiger partial charge in [0.1, 0.15) is 0 Å². The van der Waals surface area contributed by atoms with Gasteiger partial charge in [-0.3, -0.25) is 4.79 Å². The summed E-state index contributed by atoms with van der Waals surface area (Å²) in [6, 6.07) is 6.75. The minimum absolute atomic E-state index is 0.0526. The van der Waals surface area contributed by atoms with Crippen molar-refractivity contribution in [3.63, 3.8) is 0 Å². The number of rotatable bonds is 2. The van der Waals surface area contributed by atoms with Gasteiger partial charge in [0.25, 0.3) is 0 Å². The summed E-state index contributed by atoms with van der Waals surface area (Å²) < 4.78 is 24.7. The van der Waals surface area contributed by atoms with Crippen LogP contribution >= 0.6 is 0 Å². The highest BCUT2D eigenvalue weighted by Gasteiger charge is 2.35. The smallest absolute Gasteiger partial charge is 0.228 e. The highest BCUT2D eigenvalue weighted by Crippen LogP contribution is 2.33. The Kier molecular flexibility index (Phi) is 3.43. The molecule has 1 atom stereocenters. The van der Waals surface area contributed by atoms with E-state index in [0.717, 1.165) is 6.42 Å². The van der Waals surface area contributed by atoms with Gasteiger partial charge in [-0.25, -0.2) is 8.42 Å². The third-order valence-corrected chi connectivity index (χ3v) is 5.39. The van der Waals surface area contributed by atoms with Crippen molar-refractivity contribution in [1.82, 2.24) is 0 Å². The van der Waals surface area contributed by atoms with E-state index in [4.69, 9.17) is 0 Å². The summed E-state index contributed by atoms with van der Waals surface area (Å²) in [6.45, 7) is 4.12. The lowest BCUT2D eigenvalue weighted by molar-refractivity contribution is -0.118. The van der Waals surface area contributed by atoms with E-state index in [1.165, 1.54) is 0 Å². The van der Waals surface area contributed by atoms with Crippen LogP contribution in [0.5, 0.6) is 0 Å². The number of fused-ring (bicyclic) bond motifs is 1. The molecule has 2 rings (SSSR count).